The first kappa shape index (κ1) is 17.0. The van der Waals surface area contributed by atoms with Gasteiger partial charge in [0.05, 0.1) is 16.9 Å². The molecule has 0 spiro atoms. The molecule has 130 valence electrons. The average molecular weight is 347 g/mol. The second kappa shape index (κ2) is 7.34. The molecule has 7 heteroatoms. The average Bonchev–Trinajstić information content (AvgIpc) is 3.25. The van der Waals surface area contributed by atoms with Gasteiger partial charge in [-0.3, -0.25) is 9.67 Å². The molecular weight excluding hydrogens is 320 g/mol. The second-order valence-corrected chi connectivity index (χ2v) is 7.63. The van der Waals surface area contributed by atoms with Crippen molar-refractivity contribution in [3.8, 4) is 0 Å². The highest BCUT2D eigenvalue weighted by molar-refractivity contribution is 7.11. The number of guanidine groups is 1. The van der Waals surface area contributed by atoms with Crippen molar-refractivity contribution in [2.45, 2.75) is 32.6 Å². The monoisotopic (exact) mass is 346 g/mol. The minimum atomic E-state index is 0.545. The van der Waals surface area contributed by atoms with E-state index in [4.69, 9.17) is 0 Å². The third-order valence-electron chi connectivity index (χ3n) is 4.53. The summed E-state index contributed by atoms with van der Waals surface area (Å²) in [7, 11) is 3.83. The maximum atomic E-state index is 4.49. The van der Waals surface area contributed by atoms with E-state index in [9.17, 15) is 0 Å². The summed E-state index contributed by atoms with van der Waals surface area (Å²) in [5.41, 5.74) is 2.48. The largest absolute Gasteiger partial charge is 0.356 e. The summed E-state index contributed by atoms with van der Waals surface area (Å²) >= 11 is 1.79. The Hall–Kier alpha value is -1.89. The van der Waals surface area contributed by atoms with E-state index >= 15 is 0 Å². The molecule has 1 N–H and O–H groups in total. The van der Waals surface area contributed by atoms with Crippen LogP contribution in [0.3, 0.4) is 0 Å². The normalized spacial score (nSPS) is 18.4. The molecule has 24 heavy (non-hydrogen) atoms. The van der Waals surface area contributed by atoms with Crippen LogP contribution >= 0.6 is 11.3 Å². The van der Waals surface area contributed by atoms with Crippen LogP contribution in [0.4, 0.5) is 0 Å². The summed E-state index contributed by atoms with van der Waals surface area (Å²) in [6.45, 7) is 7.09. The van der Waals surface area contributed by atoms with Crippen LogP contribution < -0.4 is 5.32 Å². The first-order valence-electron chi connectivity index (χ1n) is 8.44. The number of aromatic nitrogens is 3. The third-order valence-corrected chi connectivity index (χ3v) is 5.66. The Kier molecular flexibility index (Phi) is 5.18. The molecule has 2 aromatic rings. The molecule has 0 aliphatic carbocycles. The zero-order valence-electron chi connectivity index (χ0n) is 14.9. The summed E-state index contributed by atoms with van der Waals surface area (Å²) in [4.78, 5) is 12.7. The molecule has 0 radical (unpaired) electrons. The van der Waals surface area contributed by atoms with Crippen molar-refractivity contribution in [2.75, 3.05) is 26.7 Å². The van der Waals surface area contributed by atoms with E-state index in [0.29, 0.717) is 5.92 Å². The number of rotatable bonds is 4. The maximum absolute atomic E-state index is 4.49. The molecule has 1 aliphatic heterocycles. The molecule has 3 heterocycles. The third kappa shape index (κ3) is 3.77. The van der Waals surface area contributed by atoms with Crippen LogP contribution in [0.25, 0.3) is 0 Å². The predicted molar refractivity (Wildman–Crippen MR) is 98.8 cm³/mol. The van der Waals surface area contributed by atoms with Gasteiger partial charge in [-0.05, 0) is 25.8 Å². The van der Waals surface area contributed by atoms with Gasteiger partial charge < -0.3 is 10.2 Å². The van der Waals surface area contributed by atoms with Gasteiger partial charge in [0.1, 0.15) is 0 Å². The number of likely N-dealkylation sites (tertiary alicyclic amines) is 1. The van der Waals surface area contributed by atoms with Gasteiger partial charge >= 0.3 is 0 Å². The van der Waals surface area contributed by atoms with E-state index in [0.717, 1.165) is 49.1 Å². The lowest BCUT2D eigenvalue weighted by molar-refractivity contribution is 0.486. The molecular formula is C17H26N6S. The van der Waals surface area contributed by atoms with E-state index in [2.05, 4.69) is 45.3 Å². The highest BCUT2D eigenvalue weighted by Crippen LogP contribution is 2.26. The van der Waals surface area contributed by atoms with E-state index in [1.54, 1.807) is 11.3 Å². The SMILES string of the molecule is CN=C(NCCc1sc(C)nc1C)N1CCC(c2cnn(C)c2)C1. The molecule has 1 saturated heterocycles. The van der Waals surface area contributed by atoms with Gasteiger partial charge in [0.2, 0.25) is 0 Å². The summed E-state index contributed by atoms with van der Waals surface area (Å²) in [6.07, 6.45) is 6.26. The van der Waals surface area contributed by atoms with Crippen molar-refractivity contribution in [3.63, 3.8) is 0 Å². The van der Waals surface area contributed by atoms with Crippen LogP contribution in [0.15, 0.2) is 17.4 Å². The van der Waals surface area contributed by atoms with E-state index in [-0.39, 0.29) is 0 Å². The Balaban J connectivity index is 1.52. The summed E-state index contributed by atoms with van der Waals surface area (Å²) in [5.74, 6) is 1.55. The van der Waals surface area contributed by atoms with Gasteiger partial charge in [-0.15, -0.1) is 11.3 Å². The first-order chi connectivity index (χ1) is 11.6. The summed E-state index contributed by atoms with van der Waals surface area (Å²) in [6, 6.07) is 0. The molecule has 1 atom stereocenters. The van der Waals surface area contributed by atoms with E-state index in [1.165, 1.54) is 10.4 Å². The number of aliphatic imine (C=N–C) groups is 1. The number of hydrogen-bond acceptors (Lipinski definition) is 4. The molecule has 1 fully saturated rings. The van der Waals surface area contributed by atoms with Crippen molar-refractivity contribution < 1.29 is 0 Å². The Labute approximate surface area is 147 Å². The van der Waals surface area contributed by atoms with Crippen LogP contribution in [-0.4, -0.2) is 52.3 Å². The predicted octanol–water partition coefficient (Wildman–Crippen LogP) is 2.10. The van der Waals surface area contributed by atoms with Crippen molar-refractivity contribution in [1.82, 2.24) is 25.0 Å². The Morgan fingerprint density at radius 2 is 2.29 bits per heavy atom. The van der Waals surface area contributed by atoms with Gasteiger partial charge in [0.15, 0.2) is 5.96 Å². The molecule has 0 amide bonds. The van der Waals surface area contributed by atoms with Crippen molar-refractivity contribution in [3.05, 3.63) is 33.5 Å². The van der Waals surface area contributed by atoms with Crippen molar-refractivity contribution in [1.29, 1.82) is 0 Å². The Morgan fingerprint density at radius 1 is 1.46 bits per heavy atom. The first-order valence-corrected chi connectivity index (χ1v) is 9.25. The zero-order valence-corrected chi connectivity index (χ0v) is 15.7. The minimum Gasteiger partial charge on any atom is -0.356 e. The maximum Gasteiger partial charge on any atom is 0.193 e. The number of hydrogen-bond donors (Lipinski definition) is 1. The van der Waals surface area contributed by atoms with Crippen molar-refractivity contribution >= 4 is 17.3 Å². The lowest BCUT2D eigenvalue weighted by Gasteiger charge is -2.21. The highest BCUT2D eigenvalue weighted by atomic mass is 32.1. The van der Waals surface area contributed by atoms with Crippen LogP contribution in [-0.2, 0) is 13.5 Å². The van der Waals surface area contributed by atoms with Gasteiger partial charge in [-0.1, -0.05) is 0 Å². The fourth-order valence-electron chi connectivity index (χ4n) is 3.30. The number of nitrogens with zero attached hydrogens (tertiary/aromatic N) is 5. The summed E-state index contributed by atoms with van der Waals surface area (Å²) < 4.78 is 1.88. The van der Waals surface area contributed by atoms with Gasteiger partial charge in [0.25, 0.3) is 0 Å². The highest BCUT2D eigenvalue weighted by Gasteiger charge is 2.26. The molecule has 1 aliphatic rings. The molecule has 2 aromatic heterocycles. The lowest BCUT2D eigenvalue weighted by atomic mass is 10.0. The van der Waals surface area contributed by atoms with Crippen LogP contribution in [0.2, 0.25) is 0 Å². The minimum absolute atomic E-state index is 0.545. The van der Waals surface area contributed by atoms with Gasteiger partial charge in [-0.2, -0.15) is 5.10 Å². The van der Waals surface area contributed by atoms with Crippen LogP contribution in [0, 0.1) is 13.8 Å². The van der Waals surface area contributed by atoms with Crippen molar-refractivity contribution in [2.24, 2.45) is 12.0 Å². The Morgan fingerprint density at radius 3 is 2.92 bits per heavy atom. The molecule has 3 rings (SSSR count). The lowest BCUT2D eigenvalue weighted by Crippen LogP contribution is -2.40. The van der Waals surface area contributed by atoms with Crippen LogP contribution in [0.1, 0.15) is 33.5 Å². The molecule has 0 aromatic carbocycles. The quantitative estimate of drug-likeness (QED) is 0.680. The fourth-order valence-corrected chi connectivity index (χ4v) is 4.24. The summed E-state index contributed by atoms with van der Waals surface area (Å²) in [5, 5.41) is 8.94. The number of nitrogens with one attached hydrogen (secondary N) is 1. The van der Waals surface area contributed by atoms with Crippen LogP contribution in [0.5, 0.6) is 0 Å². The van der Waals surface area contributed by atoms with Gasteiger partial charge in [-0.25, -0.2) is 4.98 Å². The molecule has 0 saturated carbocycles. The number of thiazole rings is 1. The number of aryl methyl sites for hydroxylation is 3. The smallest absolute Gasteiger partial charge is 0.193 e. The van der Waals surface area contributed by atoms with E-state index in [1.807, 2.05) is 25.0 Å². The molecule has 1 unspecified atom stereocenters. The molecule has 0 bridgehead atoms. The Bertz CT molecular complexity index is 716. The fraction of sp³-hybridized carbons (Fsp3) is 0.588. The topological polar surface area (TPSA) is 58.3 Å². The molecule has 6 nitrogen and oxygen atoms in total. The zero-order chi connectivity index (χ0) is 17.1. The standard InChI is InChI=1S/C17H26N6S/c1-12-16(24-13(2)21-12)5-7-19-17(18-3)23-8-6-14(11-23)15-9-20-22(4)10-15/h9-10,14H,5-8,11H2,1-4H3,(H,18,19). The van der Waals surface area contributed by atoms with Gasteiger partial charge in [0, 0.05) is 57.1 Å². The van der Waals surface area contributed by atoms with E-state index < -0.39 is 0 Å². The second-order valence-electron chi connectivity index (χ2n) is 6.34.